The number of nitrogens with zero attached hydrogens (tertiary/aromatic N) is 2. The number of rotatable bonds is 8. The van der Waals surface area contributed by atoms with Crippen LogP contribution in [0, 0.1) is 6.92 Å². The van der Waals surface area contributed by atoms with Gasteiger partial charge in [0.15, 0.2) is 0 Å². The van der Waals surface area contributed by atoms with Gasteiger partial charge in [-0.2, -0.15) is 11.8 Å². The van der Waals surface area contributed by atoms with E-state index in [-0.39, 0.29) is 23.1 Å². The summed E-state index contributed by atoms with van der Waals surface area (Å²) in [6.45, 7) is 2.02. The van der Waals surface area contributed by atoms with Crippen molar-refractivity contribution in [3.05, 3.63) is 59.7 Å². The van der Waals surface area contributed by atoms with E-state index >= 15 is 0 Å². The molecule has 9 nitrogen and oxygen atoms in total. The largest absolute Gasteiger partial charge is 0.497 e. The number of carbonyl (C=O) groups excluding carboxylic acids is 1. The van der Waals surface area contributed by atoms with Gasteiger partial charge in [0.1, 0.15) is 11.8 Å². The van der Waals surface area contributed by atoms with Gasteiger partial charge >= 0.3 is 6.09 Å². The van der Waals surface area contributed by atoms with Crippen molar-refractivity contribution in [2.24, 2.45) is 0 Å². The van der Waals surface area contributed by atoms with Crippen LogP contribution in [0.5, 0.6) is 5.75 Å². The average Bonchev–Trinajstić information content (AvgIpc) is 3.23. The van der Waals surface area contributed by atoms with Crippen molar-refractivity contribution >= 4 is 33.8 Å². The fourth-order valence-electron chi connectivity index (χ4n) is 3.47. The molecule has 0 saturated carbocycles. The smallest absolute Gasteiger partial charge is 0.408 e. The third kappa shape index (κ3) is 5.98. The van der Waals surface area contributed by atoms with E-state index in [1.807, 2.05) is 31.2 Å². The van der Waals surface area contributed by atoms with Crippen LogP contribution in [0.3, 0.4) is 0 Å². The van der Waals surface area contributed by atoms with Gasteiger partial charge in [-0.1, -0.05) is 29.8 Å². The number of hydrogen-bond donors (Lipinski definition) is 2. The van der Waals surface area contributed by atoms with Crippen molar-refractivity contribution in [1.82, 2.24) is 14.7 Å². The van der Waals surface area contributed by atoms with Crippen molar-refractivity contribution in [3.8, 4) is 5.75 Å². The molecule has 1 heterocycles. The molecule has 0 radical (unpaired) electrons. The zero-order chi connectivity index (χ0) is 24.2. The molecule has 0 aromatic heterocycles. The number of carboxylic acid groups (broad SMARTS) is 1. The summed E-state index contributed by atoms with van der Waals surface area (Å²) in [5.41, 5.74) is 4.30. The Balaban J connectivity index is 1.64. The first-order valence-electron chi connectivity index (χ1n) is 10.2. The van der Waals surface area contributed by atoms with E-state index in [0.29, 0.717) is 5.75 Å². The first-order chi connectivity index (χ1) is 15.6. The number of methoxy groups -OCH3 is 1. The molecule has 2 amide bonds. The Hall–Kier alpha value is -2.76. The third-order valence-electron chi connectivity index (χ3n) is 5.40. The number of likely N-dealkylation sites (tertiary alicyclic amines) is 1. The van der Waals surface area contributed by atoms with Gasteiger partial charge in [0.05, 0.1) is 12.0 Å². The molecule has 2 aromatic carbocycles. The molecule has 2 atom stereocenters. The van der Waals surface area contributed by atoms with Crippen LogP contribution in [0.4, 0.5) is 4.79 Å². The molecule has 3 rings (SSSR count). The van der Waals surface area contributed by atoms with Gasteiger partial charge in [-0.25, -0.2) is 13.2 Å². The van der Waals surface area contributed by atoms with Crippen molar-refractivity contribution in [2.45, 2.75) is 35.3 Å². The number of hydrazine groups is 1. The van der Waals surface area contributed by atoms with Crippen LogP contribution in [0.1, 0.15) is 17.5 Å². The number of hydrogen-bond acceptors (Lipinski definition) is 6. The molecule has 1 aliphatic heterocycles. The van der Waals surface area contributed by atoms with Crippen molar-refractivity contribution in [2.75, 3.05) is 20.7 Å². The number of sulfonamides is 1. The molecule has 2 N–H and O–H groups in total. The number of carbonyl (C=O) groups is 2. The molecule has 0 bridgehead atoms. The SMILES string of the molecule is COc1ccc(CS[C@@H]2C[C@@H](C(=O)NN(C)S(=O)(=O)c3ccc(C)cc3)N(C(=O)O)C2)cc1. The molecule has 0 unspecified atom stereocenters. The number of aryl methyl sites for hydroxylation is 1. The quantitative estimate of drug-likeness (QED) is 0.543. The van der Waals surface area contributed by atoms with Gasteiger partial charge in [-0.05, 0) is 43.2 Å². The Bertz CT molecular complexity index is 1090. The molecule has 1 aliphatic rings. The lowest BCUT2D eigenvalue weighted by Crippen LogP contribution is -2.51. The first kappa shape index (κ1) is 24.9. The number of amides is 2. The highest BCUT2D eigenvalue weighted by atomic mass is 32.2. The number of benzene rings is 2. The summed E-state index contributed by atoms with van der Waals surface area (Å²) >= 11 is 1.56. The van der Waals surface area contributed by atoms with Gasteiger partial charge in [-0.15, -0.1) is 4.41 Å². The highest BCUT2D eigenvalue weighted by molar-refractivity contribution is 7.99. The van der Waals surface area contributed by atoms with Gasteiger partial charge < -0.3 is 9.84 Å². The van der Waals surface area contributed by atoms with Crippen LogP contribution in [-0.2, 0) is 20.6 Å². The second kappa shape index (κ2) is 10.4. The maximum absolute atomic E-state index is 12.8. The zero-order valence-corrected chi connectivity index (χ0v) is 20.2. The Morgan fingerprint density at radius 2 is 1.82 bits per heavy atom. The molecule has 0 aliphatic carbocycles. The lowest BCUT2D eigenvalue weighted by Gasteiger charge is -2.24. The van der Waals surface area contributed by atoms with Gasteiger partial charge in [0, 0.05) is 24.6 Å². The predicted molar refractivity (Wildman–Crippen MR) is 125 cm³/mol. The maximum atomic E-state index is 12.8. The second-order valence-corrected chi connectivity index (χ2v) is 11.0. The van der Waals surface area contributed by atoms with E-state index < -0.39 is 28.1 Å². The van der Waals surface area contributed by atoms with E-state index in [1.165, 1.54) is 19.2 Å². The third-order valence-corrected chi connectivity index (χ3v) is 8.40. The normalized spacial score (nSPS) is 18.4. The lowest BCUT2D eigenvalue weighted by atomic mass is 10.2. The van der Waals surface area contributed by atoms with Crippen LogP contribution >= 0.6 is 11.8 Å². The van der Waals surface area contributed by atoms with Crippen LogP contribution in [0.25, 0.3) is 0 Å². The van der Waals surface area contributed by atoms with Crippen LogP contribution in [0.15, 0.2) is 53.4 Å². The maximum Gasteiger partial charge on any atom is 0.408 e. The molecular formula is C22H27N3O6S2. The van der Waals surface area contributed by atoms with Gasteiger partial charge in [0.25, 0.3) is 15.9 Å². The zero-order valence-electron chi connectivity index (χ0n) is 18.6. The van der Waals surface area contributed by atoms with Crippen molar-refractivity contribution in [1.29, 1.82) is 0 Å². The molecule has 1 saturated heterocycles. The van der Waals surface area contributed by atoms with Crippen LogP contribution in [0.2, 0.25) is 0 Å². The molecule has 178 valence electrons. The Morgan fingerprint density at radius 1 is 1.18 bits per heavy atom. The molecule has 2 aromatic rings. The van der Waals surface area contributed by atoms with E-state index in [1.54, 1.807) is 31.0 Å². The predicted octanol–water partition coefficient (Wildman–Crippen LogP) is 2.71. The summed E-state index contributed by atoms with van der Waals surface area (Å²) in [5, 5.41) is 9.48. The number of ether oxygens (including phenoxy) is 1. The second-order valence-electron chi connectivity index (χ2n) is 7.73. The van der Waals surface area contributed by atoms with E-state index in [9.17, 15) is 23.1 Å². The molecule has 1 fully saturated rings. The summed E-state index contributed by atoms with van der Waals surface area (Å²) in [4.78, 5) is 25.7. The van der Waals surface area contributed by atoms with Gasteiger partial charge in [0.2, 0.25) is 0 Å². The Kier molecular flexibility index (Phi) is 7.88. The summed E-state index contributed by atoms with van der Waals surface area (Å²) in [6, 6.07) is 12.8. The highest BCUT2D eigenvalue weighted by Gasteiger charge is 2.41. The Labute approximate surface area is 197 Å². The first-order valence-corrected chi connectivity index (χ1v) is 12.7. The summed E-state index contributed by atoms with van der Waals surface area (Å²) in [7, 11) is -1.14. The fraction of sp³-hybridized carbons (Fsp3) is 0.364. The number of thioether (sulfide) groups is 1. The summed E-state index contributed by atoms with van der Waals surface area (Å²) in [6.07, 6.45) is -0.927. The Morgan fingerprint density at radius 3 is 2.39 bits per heavy atom. The standard InChI is InChI=1S/C22H27N3O6S2/c1-15-4-10-19(11-5-15)33(29,30)24(2)23-21(26)20-12-18(13-25(20)22(27)28)32-14-16-6-8-17(31-3)9-7-16/h4-11,18,20H,12-14H2,1-3H3,(H,23,26)(H,27,28)/t18-,20+/m1/s1. The van der Waals surface area contributed by atoms with E-state index in [4.69, 9.17) is 4.74 Å². The minimum absolute atomic E-state index is 0.0327. The van der Waals surface area contributed by atoms with Gasteiger partial charge in [-0.3, -0.25) is 15.1 Å². The summed E-state index contributed by atoms with van der Waals surface area (Å²) in [5.74, 6) is 0.726. The van der Waals surface area contributed by atoms with E-state index in [0.717, 1.165) is 26.2 Å². The minimum Gasteiger partial charge on any atom is -0.497 e. The van der Waals surface area contributed by atoms with Crippen LogP contribution < -0.4 is 10.2 Å². The minimum atomic E-state index is -3.96. The van der Waals surface area contributed by atoms with Crippen molar-refractivity contribution in [3.63, 3.8) is 0 Å². The monoisotopic (exact) mass is 493 g/mol. The summed E-state index contributed by atoms with van der Waals surface area (Å²) < 4.78 is 31.4. The van der Waals surface area contributed by atoms with Crippen molar-refractivity contribution < 1.29 is 27.9 Å². The average molecular weight is 494 g/mol. The molecule has 0 spiro atoms. The van der Waals surface area contributed by atoms with E-state index in [2.05, 4.69) is 5.43 Å². The number of nitrogens with one attached hydrogen (secondary N) is 1. The molecule has 11 heteroatoms. The molecule has 33 heavy (non-hydrogen) atoms. The molecular weight excluding hydrogens is 466 g/mol. The highest BCUT2D eigenvalue weighted by Crippen LogP contribution is 2.30. The fourth-order valence-corrected chi connectivity index (χ4v) is 5.68. The lowest BCUT2D eigenvalue weighted by molar-refractivity contribution is -0.127. The van der Waals surface area contributed by atoms with Crippen LogP contribution in [-0.4, -0.2) is 66.8 Å². The topological polar surface area (TPSA) is 116 Å².